The van der Waals surface area contributed by atoms with Gasteiger partial charge < -0.3 is 14.6 Å². The van der Waals surface area contributed by atoms with E-state index in [0.717, 1.165) is 29.7 Å². The number of aromatic amines is 1. The van der Waals surface area contributed by atoms with Crippen LogP contribution in [0.1, 0.15) is 85.9 Å². The Kier molecular flexibility index (Phi) is 7.88. The second-order valence-electron chi connectivity index (χ2n) is 9.40. The molecule has 2 heterocycles. The third-order valence-corrected chi connectivity index (χ3v) is 7.61. The highest BCUT2D eigenvalue weighted by Gasteiger charge is 2.32. The Morgan fingerprint density at radius 1 is 1.29 bits per heavy atom. The molecule has 2 unspecified atom stereocenters. The van der Waals surface area contributed by atoms with Crippen molar-refractivity contribution in [3.05, 3.63) is 46.9 Å². The first-order valence-electron chi connectivity index (χ1n) is 12.1. The maximum absolute atomic E-state index is 12.9. The van der Waals surface area contributed by atoms with Crippen LogP contribution in [-0.4, -0.2) is 48.2 Å². The zero-order chi connectivity index (χ0) is 25.0. The Labute approximate surface area is 207 Å². The summed E-state index contributed by atoms with van der Waals surface area (Å²) in [7, 11) is 0. The van der Waals surface area contributed by atoms with Crippen molar-refractivity contribution in [2.45, 2.75) is 70.8 Å². The fraction of sp³-hybridized carbons (Fsp3) is 0.542. The third-order valence-electron chi connectivity index (χ3n) is 6.80. The first kappa shape index (κ1) is 25.3. The van der Waals surface area contributed by atoms with E-state index in [9.17, 15) is 9.00 Å². The molecule has 0 radical (unpaired) electrons. The first-order chi connectivity index (χ1) is 16.8. The van der Waals surface area contributed by atoms with Crippen molar-refractivity contribution >= 4 is 22.8 Å². The minimum Gasteiger partial charge on any atom is -0.395 e. The van der Waals surface area contributed by atoms with Gasteiger partial charge in [0, 0.05) is 29.3 Å². The van der Waals surface area contributed by atoms with Crippen LogP contribution in [0.25, 0.3) is 5.65 Å². The van der Waals surface area contributed by atoms with Crippen LogP contribution in [0.4, 0.5) is 0 Å². The van der Waals surface area contributed by atoms with E-state index in [0.29, 0.717) is 23.6 Å². The number of hydrogen-bond acceptors (Lipinski definition) is 6. The Morgan fingerprint density at radius 2 is 2.06 bits per heavy atom. The molecule has 4 rings (SSSR count). The molecule has 2 atom stereocenters. The molecule has 11 heteroatoms. The molecule has 0 spiro atoms. The number of nitrogens with one attached hydrogen (secondary N) is 3. The summed E-state index contributed by atoms with van der Waals surface area (Å²) in [6.45, 7) is 6.09. The summed E-state index contributed by atoms with van der Waals surface area (Å²) in [6, 6.07) is 6.63. The summed E-state index contributed by atoms with van der Waals surface area (Å²) >= 11 is -1.89. The van der Waals surface area contributed by atoms with E-state index in [-0.39, 0.29) is 30.5 Å². The van der Waals surface area contributed by atoms with Crippen LogP contribution in [0.2, 0.25) is 0 Å². The summed E-state index contributed by atoms with van der Waals surface area (Å²) in [5, 5.41) is 23.7. The average molecular weight is 503 g/mol. The van der Waals surface area contributed by atoms with Gasteiger partial charge in [-0.05, 0) is 43.9 Å². The van der Waals surface area contributed by atoms with Gasteiger partial charge in [-0.2, -0.15) is 8.93 Å². The molecule has 0 aliphatic heterocycles. The van der Waals surface area contributed by atoms with E-state index >= 15 is 0 Å². The molecule has 3 aromatic rings. The number of carbonyl (C=O) groups is 1. The lowest BCUT2D eigenvalue weighted by Gasteiger charge is -2.32. The molecule has 1 fully saturated rings. The lowest BCUT2D eigenvalue weighted by atomic mass is 9.73. The number of aromatic nitrogens is 4. The van der Waals surface area contributed by atoms with Gasteiger partial charge in [-0.1, -0.05) is 39.2 Å². The van der Waals surface area contributed by atoms with Crippen LogP contribution in [0.3, 0.4) is 0 Å². The smallest absolute Gasteiger partial charge is 0.288 e. The van der Waals surface area contributed by atoms with E-state index in [1.54, 1.807) is 18.2 Å². The number of benzene rings is 1. The highest BCUT2D eigenvalue weighted by molar-refractivity contribution is 7.78. The van der Waals surface area contributed by atoms with Crippen LogP contribution >= 0.6 is 0 Å². The van der Waals surface area contributed by atoms with E-state index in [1.807, 2.05) is 18.4 Å². The lowest BCUT2D eigenvalue weighted by Crippen LogP contribution is -2.29. The van der Waals surface area contributed by atoms with E-state index < -0.39 is 11.3 Å². The van der Waals surface area contributed by atoms with Crippen molar-refractivity contribution < 1.29 is 18.3 Å². The molecular weight excluding hydrogens is 468 g/mol. The molecule has 2 aromatic heterocycles. The number of rotatable bonds is 10. The summed E-state index contributed by atoms with van der Waals surface area (Å²) in [4.78, 5) is 12.2. The first-order valence-corrected chi connectivity index (χ1v) is 13.2. The molecule has 1 aliphatic rings. The topological polar surface area (TPSA) is 134 Å². The van der Waals surface area contributed by atoms with E-state index in [4.69, 9.17) is 9.29 Å². The number of amides is 1. The highest BCUT2D eigenvalue weighted by Crippen LogP contribution is 2.38. The number of aliphatic hydroxyl groups is 1. The van der Waals surface area contributed by atoms with Gasteiger partial charge in [-0.25, -0.2) is 4.52 Å². The standard InChI is InChI=1S/C24H34N6O4S/c1-4-18(22-27-26-21-15-20(28-30(21)22)24(3)10-6-5-7-11-24)29-35(33)34-19-14-17(9-8-16(19)2)23(32)25-12-13-31/h8-9,14-15,18,28-29,31H,4-7,10-13H2,1-3H3,(H,25,32). The fourth-order valence-corrected chi connectivity index (χ4v) is 5.47. The van der Waals surface area contributed by atoms with Crippen LogP contribution in [-0.2, 0) is 16.7 Å². The summed E-state index contributed by atoms with van der Waals surface area (Å²) < 4.78 is 23.4. The van der Waals surface area contributed by atoms with Gasteiger partial charge >= 0.3 is 0 Å². The molecule has 1 aromatic carbocycles. The maximum atomic E-state index is 12.9. The van der Waals surface area contributed by atoms with Crippen molar-refractivity contribution in [2.24, 2.45) is 0 Å². The number of aryl methyl sites for hydroxylation is 1. The van der Waals surface area contributed by atoms with Crippen molar-refractivity contribution in [3.63, 3.8) is 0 Å². The minimum absolute atomic E-state index is 0.100. The number of aliphatic hydroxyl groups excluding tert-OH is 1. The third kappa shape index (κ3) is 5.57. The molecule has 0 bridgehead atoms. The molecule has 1 saturated carbocycles. The quantitative estimate of drug-likeness (QED) is 0.337. The van der Waals surface area contributed by atoms with Gasteiger partial charge in [0.25, 0.3) is 17.2 Å². The normalized spacial score (nSPS) is 17.3. The predicted molar refractivity (Wildman–Crippen MR) is 133 cm³/mol. The van der Waals surface area contributed by atoms with Gasteiger partial charge in [-0.15, -0.1) is 10.2 Å². The van der Waals surface area contributed by atoms with Crippen LogP contribution in [0, 0.1) is 6.92 Å². The van der Waals surface area contributed by atoms with E-state index in [2.05, 4.69) is 38.3 Å². The molecule has 0 saturated heterocycles. The monoisotopic (exact) mass is 502 g/mol. The Hall–Kier alpha value is -2.76. The van der Waals surface area contributed by atoms with Gasteiger partial charge in [0.05, 0.1) is 12.6 Å². The van der Waals surface area contributed by atoms with Crippen LogP contribution in [0.5, 0.6) is 5.75 Å². The van der Waals surface area contributed by atoms with Crippen molar-refractivity contribution in [1.82, 2.24) is 29.9 Å². The van der Waals surface area contributed by atoms with Gasteiger partial charge in [0.15, 0.2) is 11.5 Å². The molecule has 1 amide bonds. The van der Waals surface area contributed by atoms with Gasteiger partial charge in [0.2, 0.25) is 0 Å². The zero-order valence-electron chi connectivity index (χ0n) is 20.5. The number of fused-ring (bicyclic) bond motifs is 1. The summed E-state index contributed by atoms with van der Waals surface area (Å²) in [5.74, 6) is 0.634. The van der Waals surface area contributed by atoms with E-state index in [1.165, 1.54) is 19.3 Å². The minimum atomic E-state index is -1.89. The zero-order valence-corrected chi connectivity index (χ0v) is 21.3. The van der Waals surface area contributed by atoms with Gasteiger partial charge in [-0.3, -0.25) is 9.89 Å². The number of H-pyrrole nitrogens is 1. The second-order valence-corrected chi connectivity index (χ2v) is 10.3. The van der Waals surface area contributed by atoms with Gasteiger partial charge in [0.1, 0.15) is 5.75 Å². The second kappa shape index (κ2) is 10.9. The molecule has 10 nitrogen and oxygen atoms in total. The number of nitrogens with zero attached hydrogens (tertiary/aromatic N) is 3. The Balaban J connectivity index is 1.49. The Bertz CT molecular complexity index is 1200. The Morgan fingerprint density at radius 3 is 2.77 bits per heavy atom. The molecule has 35 heavy (non-hydrogen) atoms. The summed E-state index contributed by atoms with van der Waals surface area (Å²) in [5.41, 5.74) is 3.10. The summed E-state index contributed by atoms with van der Waals surface area (Å²) in [6.07, 6.45) is 6.63. The highest BCUT2D eigenvalue weighted by atomic mass is 32.2. The number of carbonyl (C=O) groups excluding carboxylic acids is 1. The molecule has 190 valence electrons. The van der Waals surface area contributed by atoms with Crippen molar-refractivity contribution in [3.8, 4) is 5.75 Å². The molecule has 1 aliphatic carbocycles. The fourth-order valence-electron chi connectivity index (χ4n) is 4.58. The van der Waals surface area contributed by atoms with Crippen LogP contribution < -0.4 is 14.2 Å². The molecular formula is C24H34N6O4S. The van der Waals surface area contributed by atoms with Crippen molar-refractivity contribution in [1.29, 1.82) is 0 Å². The average Bonchev–Trinajstić information content (AvgIpc) is 3.45. The number of hydrogen-bond donors (Lipinski definition) is 4. The van der Waals surface area contributed by atoms with Crippen LogP contribution in [0.15, 0.2) is 24.3 Å². The molecule has 4 N–H and O–H groups in total. The largest absolute Gasteiger partial charge is 0.395 e. The SMILES string of the molecule is CCC(NS(=O)Oc1cc(C(=O)NCCO)ccc1C)c1nnc2cc(C3(C)CCCCC3)[nH]n12. The lowest BCUT2D eigenvalue weighted by molar-refractivity contribution is 0.0944. The van der Waals surface area contributed by atoms with Crippen molar-refractivity contribution in [2.75, 3.05) is 13.2 Å². The maximum Gasteiger partial charge on any atom is 0.288 e. The predicted octanol–water partition coefficient (Wildman–Crippen LogP) is 3.01.